The number of rotatable bonds is 8. The van der Waals surface area contributed by atoms with Crippen molar-refractivity contribution in [3.05, 3.63) is 103 Å². The van der Waals surface area contributed by atoms with Gasteiger partial charge in [0, 0.05) is 32.3 Å². The van der Waals surface area contributed by atoms with Gasteiger partial charge in [0.15, 0.2) is 6.61 Å². The van der Waals surface area contributed by atoms with E-state index in [9.17, 15) is 24.0 Å². The number of esters is 1. The third kappa shape index (κ3) is 5.37. The van der Waals surface area contributed by atoms with Gasteiger partial charge in [-0.1, -0.05) is 41.1 Å². The number of hydrogen-bond acceptors (Lipinski definition) is 9. The minimum absolute atomic E-state index is 0.0508. The summed E-state index contributed by atoms with van der Waals surface area (Å²) >= 11 is 9.30. The Kier molecular flexibility index (Phi) is 8.12. The summed E-state index contributed by atoms with van der Waals surface area (Å²) in [6.45, 7) is 1.72. The number of carbonyl (C=O) groups excluding carboxylic acids is 4. The number of benzene rings is 3. The van der Waals surface area contributed by atoms with Gasteiger partial charge in [-0.15, -0.1) is 11.8 Å². The van der Waals surface area contributed by atoms with E-state index in [-0.39, 0.29) is 64.7 Å². The van der Waals surface area contributed by atoms with Gasteiger partial charge in [0.05, 0.1) is 34.7 Å². The fraction of sp³-hybridized carbons (Fsp3) is 0.306. The van der Waals surface area contributed by atoms with Crippen LogP contribution >= 0.6 is 34.7 Å². The number of H-pyrrole nitrogens is 1. The van der Waals surface area contributed by atoms with Crippen LogP contribution in [0.25, 0.3) is 0 Å². The number of nitrogens with one attached hydrogen (secondary N) is 2. The number of carbonyl (C=O) groups is 4. The molecule has 4 aromatic rings. The number of ether oxygens (including phenoxy) is 2. The zero-order chi connectivity index (χ0) is 34.0. The predicted molar refractivity (Wildman–Crippen MR) is 185 cm³/mol. The molecular weight excluding hydrogens is 686 g/mol. The topological polar surface area (TPSA) is 135 Å². The molecule has 3 aromatic carbocycles. The first-order chi connectivity index (χ1) is 23.7. The average Bonchev–Trinajstić information content (AvgIpc) is 3.83. The Balaban J connectivity index is 1.12. The first-order valence-corrected chi connectivity index (χ1v) is 18.1. The summed E-state index contributed by atoms with van der Waals surface area (Å²) < 4.78 is 11.2. The van der Waals surface area contributed by atoms with Crippen molar-refractivity contribution in [1.29, 1.82) is 0 Å². The van der Waals surface area contributed by atoms with Crippen molar-refractivity contribution < 1.29 is 28.7 Å². The molecule has 3 fully saturated rings. The summed E-state index contributed by atoms with van der Waals surface area (Å²) in [5, 5.41) is 4.01. The van der Waals surface area contributed by atoms with Crippen LogP contribution in [0.15, 0.2) is 82.6 Å². The average molecular weight is 716 g/mol. The molecule has 0 radical (unpaired) electrons. The maximum absolute atomic E-state index is 14.2. The Labute approximate surface area is 294 Å². The molecule has 1 aromatic heterocycles. The fourth-order valence-electron chi connectivity index (χ4n) is 8.34. The lowest BCUT2D eigenvalue weighted by molar-refractivity contribution is -0.123. The number of para-hydroxylation sites is 1. The third-order valence-corrected chi connectivity index (χ3v) is 12.9. The van der Waals surface area contributed by atoms with Gasteiger partial charge in [0.1, 0.15) is 5.75 Å². The molecule has 3 heterocycles. The zero-order valence-corrected chi connectivity index (χ0v) is 28.5. The molecule has 4 aliphatic rings. The van der Waals surface area contributed by atoms with E-state index in [0.717, 1.165) is 26.8 Å². The molecule has 3 amide bonds. The summed E-state index contributed by atoms with van der Waals surface area (Å²) in [5.41, 5.74) is 2.15. The summed E-state index contributed by atoms with van der Waals surface area (Å²) in [5.74, 6) is -2.52. The maximum atomic E-state index is 14.2. The molecule has 250 valence electrons. The zero-order valence-electron chi connectivity index (χ0n) is 26.1. The summed E-state index contributed by atoms with van der Waals surface area (Å²) in [7, 11) is 0. The molecule has 7 atom stereocenters. The lowest BCUT2D eigenvalue weighted by Gasteiger charge is -2.43. The molecule has 2 saturated carbocycles. The largest absolute Gasteiger partial charge is 0.483 e. The number of anilines is 2. The van der Waals surface area contributed by atoms with Crippen LogP contribution < -0.4 is 19.8 Å². The number of amides is 3. The van der Waals surface area contributed by atoms with E-state index in [0.29, 0.717) is 34.1 Å². The normalized spacial score (nSPS) is 26.2. The minimum atomic E-state index is -0.524. The minimum Gasteiger partial charge on any atom is -0.483 e. The summed E-state index contributed by atoms with van der Waals surface area (Å²) in [6, 6.07) is 20.7. The van der Waals surface area contributed by atoms with Gasteiger partial charge in [-0.3, -0.25) is 24.1 Å². The Morgan fingerprint density at radius 1 is 0.980 bits per heavy atom. The summed E-state index contributed by atoms with van der Waals surface area (Å²) in [6.07, 6.45) is 0.705. The van der Waals surface area contributed by atoms with Crippen LogP contribution in [-0.4, -0.2) is 47.1 Å². The van der Waals surface area contributed by atoms with E-state index >= 15 is 0 Å². The van der Waals surface area contributed by atoms with Gasteiger partial charge < -0.3 is 19.8 Å². The first-order valence-electron chi connectivity index (χ1n) is 16.0. The van der Waals surface area contributed by atoms with Crippen LogP contribution in [0.2, 0.25) is 5.02 Å². The summed E-state index contributed by atoms with van der Waals surface area (Å²) in [4.78, 5) is 71.0. The molecule has 2 bridgehead atoms. The van der Waals surface area contributed by atoms with Crippen LogP contribution in [0.5, 0.6) is 5.75 Å². The number of hydrogen-bond donors (Lipinski definition) is 2. The molecule has 0 spiro atoms. The van der Waals surface area contributed by atoms with Gasteiger partial charge in [-0.2, -0.15) is 0 Å². The highest BCUT2D eigenvalue weighted by atomic mass is 35.5. The van der Waals surface area contributed by atoms with Crippen LogP contribution in [0.1, 0.15) is 40.1 Å². The van der Waals surface area contributed by atoms with Crippen molar-refractivity contribution in [2.75, 3.05) is 23.4 Å². The third-order valence-electron chi connectivity index (χ3n) is 10.1. The molecule has 2 aliphatic heterocycles. The van der Waals surface area contributed by atoms with Crippen LogP contribution in [0.4, 0.5) is 11.4 Å². The van der Waals surface area contributed by atoms with E-state index in [1.165, 1.54) is 4.90 Å². The number of aromatic amines is 1. The molecule has 10 nitrogen and oxygen atoms in total. The van der Waals surface area contributed by atoms with Crippen molar-refractivity contribution in [2.45, 2.75) is 29.5 Å². The molecule has 4 unspecified atom stereocenters. The van der Waals surface area contributed by atoms with Crippen molar-refractivity contribution in [3.8, 4) is 5.75 Å². The number of imide groups is 1. The molecule has 49 heavy (non-hydrogen) atoms. The highest BCUT2D eigenvalue weighted by Crippen LogP contribution is 2.69. The fourth-order valence-corrected chi connectivity index (χ4v) is 11.4. The lowest BCUT2D eigenvalue weighted by Crippen LogP contribution is -2.42. The Morgan fingerprint density at radius 2 is 1.71 bits per heavy atom. The van der Waals surface area contributed by atoms with E-state index < -0.39 is 17.8 Å². The highest BCUT2D eigenvalue weighted by molar-refractivity contribution is 8.00. The van der Waals surface area contributed by atoms with Crippen molar-refractivity contribution in [2.24, 2.45) is 29.6 Å². The monoisotopic (exact) mass is 715 g/mol. The van der Waals surface area contributed by atoms with E-state index in [1.807, 2.05) is 24.3 Å². The van der Waals surface area contributed by atoms with Gasteiger partial charge >= 0.3 is 10.8 Å². The van der Waals surface area contributed by atoms with Crippen LogP contribution in [0, 0.1) is 29.6 Å². The molecule has 1 saturated heterocycles. The standard InChI is InChI=1S/C36H30ClN3O7S2/c1-2-46-35(44)17-8-11-20(12-9-17)40-33(42)28-22-15-23(29(28)34(40)43)30-27(22)26(31-32(48-30)39-36(45)49-31)21-14-18(37)10-13-24(21)47-16-25(41)38-19-6-4-3-5-7-19/h3-14,22-23,26-30H,2,15-16H2,1H3,(H,38,41)(H,39,45)/t22-,23-,26-,27?,28?,29?,30?/m1/s1. The Morgan fingerprint density at radius 3 is 2.45 bits per heavy atom. The number of aromatic nitrogens is 1. The number of thiazole rings is 1. The van der Waals surface area contributed by atoms with Crippen LogP contribution in [-0.2, 0) is 19.1 Å². The highest BCUT2D eigenvalue weighted by Gasteiger charge is 2.70. The number of fused-ring (bicyclic) bond motifs is 9. The predicted octanol–water partition coefficient (Wildman–Crippen LogP) is 5.96. The van der Waals surface area contributed by atoms with Gasteiger partial charge in [-0.25, -0.2) is 4.79 Å². The van der Waals surface area contributed by atoms with Gasteiger partial charge in [-0.05, 0) is 85.7 Å². The lowest BCUT2D eigenvalue weighted by atomic mass is 9.68. The number of halogens is 1. The smallest absolute Gasteiger partial charge is 0.338 e. The second-order valence-corrected chi connectivity index (χ2v) is 15.3. The number of thioether (sulfide) groups is 1. The molecule has 2 N–H and O–H groups in total. The first kappa shape index (κ1) is 31.9. The molecular formula is C36H30ClN3O7S2. The Hall–Kier alpha value is -4.39. The molecule has 2 aliphatic carbocycles. The maximum Gasteiger partial charge on any atom is 0.338 e. The van der Waals surface area contributed by atoms with Gasteiger partial charge in [0.25, 0.3) is 5.91 Å². The van der Waals surface area contributed by atoms with Crippen LogP contribution in [0.3, 0.4) is 0 Å². The second-order valence-electron chi connectivity index (χ2n) is 12.6. The van der Waals surface area contributed by atoms with Crippen molar-refractivity contribution in [1.82, 2.24) is 4.98 Å². The Bertz CT molecular complexity index is 2050. The van der Waals surface area contributed by atoms with E-state index in [4.69, 9.17) is 21.1 Å². The SMILES string of the molecule is CCOC(=O)c1ccc(N2C(=O)C3C(C2=O)[C@@H]2C[C@H]3C3Sc4[nH]c(=O)sc4[C@H](c4cc(Cl)ccc4OCC(=O)Nc4ccccc4)C32)cc1. The van der Waals surface area contributed by atoms with E-state index in [1.54, 1.807) is 67.2 Å². The molecule has 13 heteroatoms. The van der Waals surface area contributed by atoms with Gasteiger partial charge in [0.2, 0.25) is 11.8 Å². The van der Waals surface area contributed by atoms with Crippen molar-refractivity contribution in [3.63, 3.8) is 0 Å². The number of nitrogens with zero attached hydrogens (tertiary/aromatic N) is 1. The second kappa shape index (κ2) is 12.5. The van der Waals surface area contributed by atoms with E-state index in [2.05, 4.69) is 10.3 Å². The molecule has 8 rings (SSSR count). The quantitative estimate of drug-likeness (QED) is 0.169. The van der Waals surface area contributed by atoms with Crippen molar-refractivity contribution >= 4 is 69.8 Å².